The quantitative estimate of drug-likeness (QED) is 0.902. The molecule has 0 radical (unpaired) electrons. The summed E-state index contributed by atoms with van der Waals surface area (Å²) in [5, 5.41) is 15.1. The van der Waals surface area contributed by atoms with E-state index in [1.807, 2.05) is 6.07 Å². The van der Waals surface area contributed by atoms with Crippen molar-refractivity contribution in [1.82, 2.24) is 15.3 Å². The van der Waals surface area contributed by atoms with Gasteiger partial charge in [0.05, 0.1) is 11.6 Å². The Balaban J connectivity index is 1.69. The smallest absolute Gasteiger partial charge is 0.270 e. The summed E-state index contributed by atoms with van der Waals surface area (Å²) in [5.74, 6) is 0.354. The first-order valence-electron chi connectivity index (χ1n) is 8.15. The van der Waals surface area contributed by atoms with E-state index in [4.69, 9.17) is 5.26 Å². The first-order valence-corrected chi connectivity index (χ1v) is 8.15. The molecular weight excluding hydrogens is 302 g/mol. The fourth-order valence-corrected chi connectivity index (χ4v) is 2.87. The number of anilines is 2. The van der Waals surface area contributed by atoms with Crippen LogP contribution in [0.3, 0.4) is 0 Å². The Morgan fingerprint density at radius 2 is 2.00 bits per heavy atom. The minimum Gasteiger partial charge on any atom is -0.348 e. The minimum atomic E-state index is -0.168. The first-order chi connectivity index (χ1) is 11.7. The van der Waals surface area contributed by atoms with E-state index in [1.165, 1.54) is 12.7 Å². The summed E-state index contributed by atoms with van der Waals surface area (Å²) in [7, 11) is 0. The number of aromatic nitrogens is 2. The molecule has 2 aromatic rings. The molecule has 1 amide bonds. The van der Waals surface area contributed by atoms with E-state index in [2.05, 4.69) is 26.7 Å². The highest BCUT2D eigenvalue weighted by molar-refractivity contribution is 5.93. The standard InChI is InChI=1S/C18H19N5O/c19-11-13-5-4-8-15(9-13)22-17-10-16(20-12-21-17)18(24)23-14-6-2-1-3-7-14/h4-5,8-10,12,14H,1-3,6-7H2,(H,23,24)(H,20,21,22). The van der Waals surface area contributed by atoms with Crippen LogP contribution in [0.1, 0.15) is 48.2 Å². The van der Waals surface area contributed by atoms with Gasteiger partial charge in [-0.1, -0.05) is 25.3 Å². The number of rotatable bonds is 4. The number of nitriles is 1. The van der Waals surface area contributed by atoms with Gasteiger partial charge < -0.3 is 10.6 Å². The molecule has 1 heterocycles. The van der Waals surface area contributed by atoms with Crippen LogP contribution in [0.15, 0.2) is 36.7 Å². The fourth-order valence-electron chi connectivity index (χ4n) is 2.87. The Hall–Kier alpha value is -2.94. The monoisotopic (exact) mass is 321 g/mol. The Labute approximate surface area is 140 Å². The molecule has 3 rings (SSSR count). The fraction of sp³-hybridized carbons (Fsp3) is 0.333. The summed E-state index contributed by atoms with van der Waals surface area (Å²) in [6.07, 6.45) is 7.00. The summed E-state index contributed by atoms with van der Waals surface area (Å²) in [4.78, 5) is 20.5. The Morgan fingerprint density at radius 1 is 1.17 bits per heavy atom. The van der Waals surface area contributed by atoms with E-state index in [0.717, 1.165) is 31.4 Å². The third kappa shape index (κ3) is 4.07. The second kappa shape index (κ2) is 7.55. The molecule has 0 bridgehead atoms. The van der Waals surface area contributed by atoms with Gasteiger partial charge in [0.25, 0.3) is 5.91 Å². The molecule has 0 spiro atoms. The highest BCUT2D eigenvalue weighted by atomic mass is 16.1. The first kappa shape index (κ1) is 15.9. The lowest BCUT2D eigenvalue weighted by Gasteiger charge is -2.22. The average molecular weight is 321 g/mol. The van der Waals surface area contributed by atoms with Crippen molar-refractivity contribution in [2.24, 2.45) is 0 Å². The highest BCUT2D eigenvalue weighted by Gasteiger charge is 2.17. The van der Waals surface area contributed by atoms with Gasteiger partial charge in [0, 0.05) is 17.8 Å². The number of hydrogen-bond donors (Lipinski definition) is 2. The maximum Gasteiger partial charge on any atom is 0.270 e. The number of amides is 1. The van der Waals surface area contributed by atoms with Crippen LogP contribution in [0, 0.1) is 11.3 Å². The molecule has 6 nitrogen and oxygen atoms in total. The van der Waals surface area contributed by atoms with Crippen LogP contribution in [0.5, 0.6) is 0 Å². The number of nitrogens with zero attached hydrogens (tertiary/aromatic N) is 3. The van der Waals surface area contributed by atoms with Crippen molar-refractivity contribution in [3.8, 4) is 6.07 Å². The molecule has 2 N–H and O–H groups in total. The van der Waals surface area contributed by atoms with Gasteiger partial charge in [0.2, 0.25) is 0 Å². The van der Waals surface area contributed by atoms with Crippen molar-refractivity contribution >= 4 is 17.4 Å². The summed E-state index contributed by atoms with van der Waals surface area (Å²) in [5.41, 5.74) is 1.64. The predicted molar refractivity (Wildman–Crippen MR) is 90.8 cm³/mol. The van der Waals surface area contributed by atoms with E-state index in [-0.39, 0.29) is 11.9 Å². The van der Waals surface area contributed by atoms with Gasteiger partial charge in [-0.15, -0.1) is 0 Å². The summed E-state index contributed by atoms with van der Waals surface area (Å²) < 4.78 is 0. The van der Waals surface area contributed by atoms with Gasteiger partial charge in [0.1, 0.15) is 17.8 Å². The molecule has 1 aliphatic rings. The lowest BCUT2D eigenvalue weighted by molar-refractivity contribution is 0.0922. The van der Waals surface area contributed by atoms with Gasteiger partial charge in [-0.05, 0) is 31.0 Å². The zero-order valence-electron chi connectivity index (χ0n) is 13.3. The van der Waals surface area contributed by atoms with Gasteiger partial charge >= 0.3 is 0 Å². The number of benzene rings is 1. The van der Waals surface area contributed by atoms with Crippen LogP contribution in [-0.2, 0) is 0 Å². The Kier molecular flexibility index (Phi) is 5.02. The normalized spacial score (nSPS) is 14.6. The van der Waals surface area contributed by atoms with E-state index < -0.39 is 0 Å². The molecular formula is C18H19N5O. The molecule has 24 heavy (non-hydrogen) atoms. The van der Waals surface area contributed by atoms with Crippen LogP contribution in [0.4, 0.5) is 11.5 Å². The highest BCUT2D eigenvalue weighted by Crippen LogP contribution is 2.19. The van der Waals surface area contributed by atoms with Gasteiger partial charge in [-0.3, -0.25) is 4.79 Å². The number of hydrogen-bond acceptors (Lipinski definition) is 5. The summed E-state index contributed by atoms with van der Waals surface area (Å²) in [6.45, 7) is 0. The Morgan fingerprint density at radius 3 is 2.79 bits per heavy atom. The van der Waals surface area contributed by atoms with Crippen LogP contribution >= 0.6 is 0 Å². The van der Waals surface area contributed by atoms with Crippen molar-refractivity contribution in [2.45, 2.75) is 38.1 Å². The van der Waals surface area contributed by atoms with E-state index in [1.54, 1.807) is 24.3 Å². The second-order valence-electron chi connectivity index (χ2n) is 5.91. The second-order valence-corrected chi connectivity index (χ2v) is 5.91. The largest absolute Gasteiger partial charge is 0.348 e. The van der Waals surface area contributed by atoms with Gasteiger partial charge in [-0.2, -0.15) is 5.26 Å². The topological polar surface area (TPSA) is 90.7 Å². The lowest BCUT2D eigenvalue weighted by atomic mass is 9.95. The van der Waals surface area contributed by atoms with Crippen LogP contribution in [0.25, 0.3) is 0 Å². The molecule has 1 aliphatic carbocycles. The molecule has 0 aliphatic heterocycles. The van der Waals surface area contributed by atoms with Gasteiger partial charge in [-0.25, -0.2) is 9.97 Å². The number of carbonyl (C=O) groups is 1. The van der Waals surface area contributed by atoms with Crippen molar-refractivity contribution in [1.29, 1.82) is 5.26 Å². The summed E-state index contributed by atoms with van der Waals surface area (Å²) in [6, 6.07) is 11.0. The zero-order valence-corrected chi connectivity index (χ0v) is 13.3. The van der Waals surface area contributed by atoms with E-state index >= 15 is 0 Å². The third-order valence-corrected chi connectivity index (χ3v) is 4.10. The van der Waals surface area contributed by atoms with Crippen LogP contribution < -0.4 is 10.6 Å². The molecule has 6 heteroatoms. The lowest BCUT2D eigenvalue weighted by Crippen LogP contribution is -2.36. The minimum absolute atomic E-state index is 0.168. The molecule has 1 aromatic heterocycles. The maximum absolute atomic E-state index is 12.3. The van der Waals surface area contributed by atoms with E-state index in [9.17, 15) is 4.79 Å². The summed E-state index contributed by atoms with van der Waals surface area (Å²) >= 11 is 0. The van der Waals surface area contributed by atoms with Crippen molar-refractivity contribution < 1.29 is 4.79 Å². The van der Waals surface area contributed by atoms with Crippen LogP contribution in [0.2, 0.25) is 0 Å². The molecule has 0 unspecified atom stereocenters. The average Bonchev–Trinajstić information content (AvgIpc) is 2.63. The van der Waals surface area contributed by atoms with Crippen molar-refractivity contribution in [3.05, 3.63) is 47.9 Å². The Bertz CT molecular complexity index is 762. The molecule has 1 saturated carbocycles. The van der Waals surface area contributed by atoms with Crippen molar-refractivity contribution in [3.63, 3.8) is 0 Å². The molecule has 1 aromatic carbocycles. The molecule has 1 fully saturated rings. The zero-order chi connectivity index (χ0) is 16.8. The number of nitrogens with one attached hydrogen (secondary N) is 2. The molecule has 122 valence electrons. The maximum atomic E-state index is 12.3. The molecule has 0 atom stereocenters. The third-order valence-electron chi connectivity index (χ3n) is 4.10. The van der Waals surface area contributed by atoms with Gasteiger partial charge in [0.15, 0.2) is 0 Å². The molecule has 0 saturated heterocycles. The van der Waals surface area contributed by atoms with Crippen molar-refractivity contribution in [2.75, 3.05) is 5.32 Å². The predicted octanol–water partition coefficient (Wildman–Crippen LogP) is 3.15. The number of carbonyl (C=O) groups excluding carboxylic acids is 1. The van der Waals surface area contributed by atoms with Crippen LogP contribution in [-0.4, -0.2) is 21.9 Å². The SMILES string of the molecule is N#Cc1cccc(Nc2cc(C(=O)NC3CCCCC3)ncn2)c1. The van der Waals surface area contributed by atoms with E-state index in [0.29, 0.717) is 17.1 Å².